The van der Waals surface area contributed by atoms with Gasteiger partial charge in [-0.05, 0) is 37.5 Å². The Morgan fingerprint density at radius 1 is 1.30 bits per heavy atom. The van der Waals surface area contributed by atoms with E-state index in [0.29, 0.717) is 12.8 Å². The minimum absolute atomic E-state index is 0.164. The Kier molecular flexibility index (Phi) is 4.40. The summed E-state index contributed by atoms with van der Waals surface area (Å²) in [5.41, 5.74) is 9.14. The van der Waals surface area contributed by atoms with Crippen molar-refractivity contribution in [3.05, 3.63) is 41.6 Å². The highest BCUT2D eigenvalue weighted by Crippen LogP contribution is 2.25. The van der Waals surface area contributed by atoms with Gasteiger partial charge in [-0.1, -0.05) is 18.2 Å². The number of aryl methyl sites for hydroxylation is 1. The van der Waals surface area contributed by atoms with Crippen LogP contribution in [-0.4, -0.2) is 25.4 Å². The summed E-state index contributed by atoms with van der Waals surface area (Å²) in [6.07, 6.45) is 2.49. The summed E-state index contributed by atoms with van der Waals surface area (Å²) in [5, 5.41) is 1.05. The fourth-order valence-electron chi connectivity index (χ4n) is 2.37. The highest BCUT2D eigenvalue weighted by Gasteiger charge is 2.12. The van der Waals surface area contributed by atoms with E-state index >= 15 is 0 Å². The van der Waals surface area contributed by atoms with E-state index in [0.717, 1.165) is 22.2 Å². The third kappa shape index (κ3) is 3.77. The molecule has 0 aliphatic heterocycles. The Bertz CT molecular complexity index is 711. The highest BCUT2D eigenvalue weighted by atomic mass is 32.2. The Balaban J connectivity index is 2.23. The lowest BCUT2D eigenvalue weighted by Crippen LogP contribution is -2.13. The normalized spacial score (nSPS) is 13.6. The Hall–Kier alpha value is -1.46. The van der Waals surface area contributed by atoms with Gasteiger partial charge in [-0.25, -0.2) is 8.42 Å². The fourth-order valence-corrected chi connectivity index (χ4v) is 3.06. The Morgan fingerprint density at radius 2 is 2.00 bits per heavy atom. The van der Waals surface area contributed by atoms with Gasteiger partial charge in [-0.15, -0.1) is 0 Å². The molecule has 5 heteroatoms. The predicted octanol–water partition coefficient (Wildman–Crippen LogP) is 2.37. The molecular weight excluding hydrogens is 272 g/mol. The largest absolute Gasteiger partial charge is 0.324 e. The number of para-hydroxylation sites is 1. The molecule has 4 nitrogen and oxygen atoms in total. The van der Waals surface area contributed by atoms with Crippen molar-refractivity contribution in [1.29, 1.82) is 0 Å². The second kappa shape index (κ2) is 5.89. The van der Waals surface area contributed by atoms with Gasteiger partial charge in [-0.2, -0.15) is 0 Å². The fraction of sp³-hybridized carbons (Fsp3) is 0.400. The number of hydrogen-bond donors (Lipinski definition) is 1. The van der Waals surface area contributed by atoms with E-state index < -0.39 is 9.84 Å². The van der Waals surface area contributed by atoms with Gasteiger partial charge in [0, 0.05) is 29.1 Å². The molecule has 0 amide bonds. The minimum atomic E-state index is -2.92. The maximum Gasteiger partial charge on any atom is 0.147 e. The van der Waals surface area contributed by atoms with E-state index in [1.165, 1.54) is 6.26 Å². The smallest absolute Gasteiger partial charge is 0.147 e. The van der Waals surface area contributed by atoms with Crippen LogP contribution in [0.1, 0.15) is 30.1 Å². The van der Waals surface area contributed by atoms with E-state index in [4.69, 9.17) is 5.73 Å². The number of hydrogen-bond acceptors (Lipinski definition) is 4. The maximum absolute atomic E-state index is 11.2. The molecule has 20 heavy (non-hydrogen) atoms. The number of fused-ring (bicyclic) bond motifs is 1. The third-order valence-corrected chi connectivity index (χ3v) is 4.34. The molecule has 2 N–H and O–H groups in total. The van der Waals surface area contributed by atoms with Gasteiger partial charge in [0.05, 0.1) is 5.52 Å². The molecule has 1 heterocycles. The number of nitrogens with two attached hydrogens (primary N) is 1. The van der Waals surface area contributed by atoms with Crippen molar-refractivity contribution in [2.75, 3.05) is 12.0 Å². The second-order valence-electron chi connectivity index (χ2n) is 5.25. The summed E-state index contributed by atoms with van der Waals surface area (Å²) in [6.45, 7) is 1.94. The first-order valence-corrected chi connectivity index (χ1v) is 8.72. The molecule has 108 valence electrons. The van der Waals surface area contributed by atoms with Gasteiger partial charge in [0.25, 0.3) is 0 Å². The molecule has 0 saturated heterocycles. The zero-order chi connectivity index (χ0) is 14.8. The number of pyridine rings is 1. The third-order valence-electron chi connectivity index (χ3n) is 3.31. The van der Waals surface area contributed by atoms with Gasteiger partial charge in [0.2, 0.25) is 0 Å². The van der Waals surface area contributed by atoms with Crippen LogP contribution in [0.5, 0.6) is 0 Å². The first-order valence-electron chi connectivity index (χ1n) is 6.66. The monoisotopic (exact) mass is 292 g/mol. The zero-order valence-electron chi connectivity index (χ0n) is 11.8. The summed E-state index contributed by atoms with van der Waals surface area (Å²) in [7, 11) is -2.92. The number of nitrogens with zero attached hydrogens (tertiary/aromatic N) is 1. The first-order chi connectivity index (χ1) is 9.37. The van der Waals surface area contributed by atoms with Crippen molar-refractivity contribution in [3.63, 3.8) is 0 Å². The molecule has 1 atom stereocenters. The van der Waals surface area contributed by atoms with Crippen molar-refractivity contribution in [2.45, 2.75) is 25.8 Å². The van der Waals surface area contributed by atoms with E-state index in [-0.39, 0.29) is 11.8 Å². The Morgan fingerprint density at radius 3 is 2.70 bits per heavy atom. The number of benzene rings is 1. The van der Waals surface area contributed by atoms with Gasteiger partial charge in [0.15, 0.2) is 0 Å². The van der Waals surface area contributed by atoms with Gasteiger partial charge < -0.3 is 5.73 Å². The molecule has 0 saturated carbocycles. The van der Waals surface area contributed by atoms with Crippen LogP contribution in [0.2, 0.25) is 0 Å². The molecule has 0 aliphatic rings. The van der Waals surface area contributed by atoms with Crippen molar-refractivity contribution >= 4 is 20.7 Å². The molecule has 0 bridgehead atoms. The summed E-state index contributed by atoms with van der Waals surface area (Å²) in [5.74, 6) is 0.183. The molecule has 1 unspecified atom stereocenters. The van der Waals surface area contributed by atoms with Crippen molar-refractivity contribution in [1.82, 2.24) is 4.98 Å². The van der Waals surface area contributed by atoms with Crippen molar-refractivity contribution in [3.8, 4) is 0 Å². The number of aromatic nitrogens is 1. The number of rotatable bonds is 5. The average molecular weight is 292 g/mol. The minimum Gasteiger partial charge on any atom is -0.324 e. The summed E-state index contributed by atoms with van der Waals surface area (Å²) in [6, 6.07) is 9.72. The van der Waals surface area contributed by atoms with Crippen LogP contribution in [-0.2, 0) is 9.84 Å². The molecule has 1 aromatic heterocycles. The molecule has 2 aromatic rings. The van der Waals surface area contributed by atoms with Gasteiger partial charge >= 0.3 is 0 Å². The molecule has 0 aliphatic carbocycles. The molecule has 1 aromatic carbocycles. The summed E-state index contributed by atoms with van der Waals surface area (Å²) >= 11 is 0. The van der Waals surface area contributed by atoms with E-state index in [2.05, 4.69) is 4.98 Å². The average Bonchev–Trinajstić information content (AvgIpc) is 2.36. The molecule has 0 spiro atoms. The summed E-state index contributed by atoms with van der Waals surface area (Å²) < 4.78 is 22.3. The van der Waals surface area contributed by atoms with Crippen LogP contribution in [0, 0.1) is 6.92 Å². The van der Waals surface area contributed by atoms with Crippen LogP contribution in [0.3, 0.4) is 0 Å². The number of sulfone groups is 1. The quantitative estimate of drug-likeness (QED) is 0.918. The highest BCUT2D eigenvalue weighted by molar-refractivity contribution is 7.90. The van der Waals surface area contributed by atoms with E-state index in [1.807, 2.05) is 37.3 Å². The topological polar surface area (TPSA) is 73.1 Å². The van der Waals surface area contributed by atoms with Crippen LogP contribution in [0.25, 0.3) is 10.9 Å². The van der Waals surface area contributed by atoms with Crippen LogP contribution in [0.15, 0.2) is 30.3 Å². The van der Waals surface area contributed by atoms with Crippen molar-refractivity contribution < 1.29 is 8.42 Å². The SMILES string of the molecule is Cc1cc(C(N)CCCS(C)(=O)=O)c2ccccc2n1. The van der Waals surface area contributed by atoms with Crippen LogP contribution in [0.4, 0.5) is 0 Å². The van der Waals surface area contributed by atoms with E-state index in [9.17, 15) is 8.42 Å². The Labute approximate surface area is 119 Å². The van der Waals surface area contributed by atoms with Crippen LogP contribution >= 0.6 is 0 Å². The molecule has 0 fully saturated rings. The lowest BCUT2D eigenvalue weighted by molar-refractivity contribution is 0.588. The molecule has 0 radical (unpaired) electrons. The van der Waals surface area contributed by atoms with Gasteiger partial charge in [-0.3, -0.25) is 4.98 Å². The maximum atomic E-state index is 11.2. The predicted molar refractivity (Wildman–Crippen MR) is 82.4 cm³/mol. The summed E-state index contributed by atoms with van der Waals surface area (Å²) in [4.78, 5) is 4.49. The standard InChI is InChI=1S/C15H20N2O2S/c1-11-10-13(12-6-3-4-8-15(12)17-11)14(16)7-5-9-20(2,18)19/h3-4,6,8,10,14H,5,7,9,16H2,1-2H3. The van der Waals surface area contributed by atoms with E-state index in [1.54, 1.807) is 0 Å². The van der Waals surface area contributed by atoms with Crippen LogP contribution < -0.4 is 5.73 Å². The second-order valence-corrected chi connectivity index (χ2v) is 7.51. The zero-order valence-corrected chi connectivity index (χ0v) is 12.7. The van der Waals surface area contributed by atoms with Crippen molar-refractivity contribution in [2.24, 2.45) is 5.73 Å². The lowest BCUT2D eigenvalue weighted by atomic mass is 9.98. The lowest BCUT2D eigenvalue weighted by Gasteiger charge is -2.15. The first kappa shape index (κ1) is 14.9. The molecule has 2 rings (SSSR count). The van der Waals surface area contributed by atoms with Gasteiger partial charge in [0.1, 0.15) is 9.84 Å². The molecular formula is C15H20N2O2S.